The molecule has 2 saturated heterocycles. The Morgan fingerprint density at radius 3 is 2.35 bits per heavy atom. The molecular weight excluding hydrogens is 502 g/mol. The number of hydrogen-bond donors (Lipinski definition) is 0. The Hall–Kier alpha value is -3.09. The van der Waals surface area contributed by atoms with Crippen molar-refractivity contribution in [2.24, 2.45) is 5.92 Å². The summed E-state index contributed by atoms with van der Waals surface area (Å²) in [6.45, 7) is 12.0. The number of amides is 1. The molecule has 2 fully saturated rings. The van der Waals surface area contributed by atoms with E-state index < -0.39 is 0 Å². The summed E-state index contributed by atoms with van der Waals surface area (Å²) in [6.07, 6.45) is 2.60. The number of anilines is 2. The molecule has 0 radical (unpaired) electrons. The number of carbonyl (C=O) groups excluding carboxylic acids is 1. The number of nitrogens with zero attached hydrogens (tertiary/aromatic N) is 5. The van der Waals surface area contributed by atoms with Crippen molar-refractivity contribution >= 4 is 51.8 Å². The first-order valence-corrected chi connectivity index (χ1v) is 14.0. The molecule has 37 heavy (non-hydrogen) atoms. The average molecular weight is 536 g/mol. The molecule has 0 aliphatic carbocycles. The fourth-order valence-corrected chi connectivity index (χ4v) is 6.14. The Morgan fingerprint density at radius 1 is 1.11 bits per heavy atom. The van der Waals surface area contributed by atoms with Gasteiger partial charge in [0.15, 0.2) is 0 Å². The fraction of sp³-hybridized carbons (Fsp3) is 0.429. The summed E-state index contributed by atoms with van der Waals surface area (Å²) in [5.74, 6) is 0.955. The third-order valence-electron chi connectivity index (χ3n) is 6.69. The van der Waals surface area contributed by atoms with Gasteiger partial charge in [-0.3, -0.25) is 19.1 Å². The maximum absolute atomic E-state index is 13.4. The number of hydrogen-bond acceptors (Lipinski definition) is 7. The molecule has 0 bridgehead atoms. The van der Waals surface area contributed by atoms with Crippen LogP contribution in [0.4, 0.5) is 11.5 Å². The largest absolute Gasteiger partial charge is 0.368 e. The van der Waals surface area contributed by atoms with Gasteiger partial charge in [-0.2, -0.15) is 5.26 Å². The zero-order chi connectivity index (χ0) is 26.7. The first-order chi connectivity index (χ1) is 17.8. The minimum absolute atomic E-state index is 0.116. The second kappa shape index (κ2) is 11.5. The topological polar surface area (TPSA) is 72.6 Å². The summed E-state index contributed by atoms with van der Waals surface area (Å²) in [6, 6.07) is 12.4. The van der Waals surface area contributed by atoms with Crippen molar-refractivity contribution in [3.8, 4) is 6.07 Å². The highest BCUT2D eigenvalue weighted by atomic mass is 32.2. The van der Waals surface area contributed by atoms with Crippen LogP contribution >= 0.6 is 24.0 Å². The minimum atomic E-state index is -0.271. The number of thiocarbonyl (C=S) groups is 1. The number of pyridine rings is 1. The first-order valence-electron chi connectivity index (χ1n) is 12.7. The van der Waals surface area contributed by atoms with Gasteiger partial charge in [0.2, 0.25) is 0 Å². The normalized spacial score (nSPS) is 17.3. The Kier molecular flexibility index (Phi) is 8.40. The average Bonchev–Trinajstić information content (AvgIpc) is 3.15. The summed E-state index contributed by atoms with van der Waals surface area (Å²) in [5.41, 5.74) is 2.39. The molecule has 2 aliphatic heterocycles. The summed E-state index contributed by atoms with van der Waals surface area (Å²) >= 11 is 6.81. The number of carbonyl (C=O) groups is 1. The van der Waals surface area contributed by atoms with E-state index in [1.165, 1.54) is 17.4 Å². The number of benzene rings is 1. The van der Waals surface area contributed by atoms with Gasteiger partial charge in [-0.05, 0) is 43.0 Å². The fourth-order valence-electron chi connectivity index (χ4n) is 4.88. The number of rotatable bonds is 7. The number of nitriles is 1. The molecule has 194 valence electrons. The lowest BCUT2D eigenvalue weighted by Crippen LogP contribution is -2.48. The van der Waals surface area contributed by atoms with Gasteiger partial charge in [-0.15, -0.1) is 0 Å². The van der Waals surface area contributed by atoms with E-state index in [2.05, 4.69) is 41.8 Å². The van der Waals surface area contributed by atoms with Gasteiger partial charge in [0, 0.05) is 50.5 Å². The van der Waals surface area contributed by atoms with Crippen LogP contribution in [0.3, 0.4) is 0 Å². The molecule has 4 rings (SSSR count). The van der Waals surface area contributed by atoms with Crippen molar-refractivity contribution < 1.29 is 4.79 Å². The van der Waals surface area contributed by atoms with E-state index in [0.717, 1.165) is 44.0 Å². The van der Waals surface area contributed by atoms with Gasteiger partial charge in [-0.1, -0.05) is 63.0 Å². The molecular formula is C28H33N5O2S2. The molecule has 9 heteroatoms. The van der Waals surface area contributed by atoms with Crippen molar-refractivity contribution in [2.75, 3.05) is 42.5 Å². The predicted octanol–water partition coefficient (Wildman–Crippen LogP) is 4.62. The summed E-state index contributed by atoms with van der Waals surface area (Å²) in [4.78, 5) is 33.5. The lowest BCUT2D eigenvalue weighted by molar-refractivity contribution is -0.122. The molecule has 0 atom stereocenters. The second-order valence-electron chi connectivity index (χ2n) is 9.80. The Labute approximate surface area is 228 Å². The van der Waals surface area contributed by atoms with Crippen LogP contribution in [0.5, 0.6) is 0 Å². The monoisotopic (exact) mass is 535 g/mol. The zero-order valence-electron chi connectivity index (χ0n) is 21.9. The predicted molar refractivity (Wildman–Crippen MR) is 156 cm³/mol. The third-order valence-corrected chi connectivity index (χ3v) is 8.07. The number of piperazine rings is 1. The molecule has 1 amide bonds. The van der Waals surface area contributed by atoms with Crippen LogP contribution in [-0.4, -0.2) is 52.4 Å². The Bertz CT molecular complexity index is 1320. The van der Waals surface area contributed by atoms with Crippen molar-refractivity contribution in [1.82, 2.24) is 9.47 Å². The minimum Gasteiger partial charge on any atom is -0.368 e. The molecule has 1 aromatic heterocycles. The van der Waals surface area contributed by atoms with E-state index in [4.69, 9.17) is 12.2 Å². The molecule has 3 heterocycles. The van der Waals surface area contributed by atoms with Crippen molar-refractivity contribution in [3.05, 3.63) is 62.3 Å². The van der Waals surface area contributed by atoms with Crippen molar-refractivity contribution in [2.45, 2.75) is 40.7 Å². The van der Waals surface area contributed by atoms with Gasteiger partial charge in [-0.25, -0.2) is 0 Å². The zero-order valence-corrected chi connectivity index (χ0v) is 23.5. The number of aromatic nitrogens is 1. The van der Waals surface area contributed by atoms with E-state index in [-0.39, 0.29) is 22.9 Å². The molecule has 2 aromatic rings. The summed E-state index contributed by atoms with van der Waals surface area (Å²) in [5, 5.41) is 9.87. The number of thioether (sulfide) groups is 1. The molecule has 0 spiro atoms. The van der Waals surface area contributed by atoms with Crippen LogP contribution in [0, 0.1) is 24.2 Å². The second-order valence-corrected chi connectivity index (χ2v) is 11.5. The SMILES string of the molecule is CCCn1c(N2CCN(c3ccccc3)CC2)c(C=C2SC(=S)N(CC(C)C)C2=O)c(C)c(C#N)c1=O. The quantitative estimate of drug-likeness (QED) is 0.378. The molecule has 0 unspecified atom stereocenters. The lowest BCUT2D eigenvalue weighted by atomic mass is 10.0. The molecule has 0 saturated carbocycles. The highest BCUT2D eigenvalue weighted by molar-refractivity contribution is 8.26. The van der Waals surface area contributed by atoms with Crippen LogP contribution in [0.15, 0.2) is 40.0 Å². The van der Waals surface area contributed by atoms with Crippen LogP contribution in [0.25, 0.3) is 6.08 Å². The highest BCUT2D eigenvalue weighted by Gasteiger charge is 2.34. The molecule has 1 aromatic carbocycles. The first kappa shape index (κ1) is 27.0. The summed E-state index contributed by atoms with van der Waals surface area (Å²) in [7, 11) is 0. The van der Waals surface area contributed by atoms with Crippen molar-refractivity contribution in [1.29, 1.82) is 5.26 Å². The maximum atomic E-state index is 13.4. The highest BCUT2D eigenvalue weighted by Crippen LogP contribution is 2.36. The summed E-state index contributed by atoms with van der Waals surface area (Å²) < 4.78 is 2.27. The van der Waals surface area contributed by atoms with Gasteiger partial charge in [0.05, 0.1) is 4.91 Å². The van der Waals surface area contributed by atoms with Gasteiger partial charge in [0.1, 0.15) is 21.8 Å². The molecule has 0 N–H and O–H groups in total. The van der Waals surface area contributed by atoms with Gasteiger partial charge in [0.25, 0.3) is 11.5 Å². The van der Waals surface area contributed by atoms with Crippen LogP contribution < -0.4 is 15.4 Å². The third kappa shape index (κ3) is 5.46. The Balaban J connectivity index is 1.79. The van der Waals surface area contributed by atoms with Crippen LogP contribution in [0.1, 0.15) is 43.9 Å². The lowest BCUT2D eigenvalue weighted by Gasteiger charge is -2.39. The van der Waals surface area contributed by atoms with Gasteiger partial charge >= 0.3 is 0 Å². The van der Waals surface area contributed by atoms with Crippen molar-refractivity contribution in [3.63, 3.8) is 0 Å². The standard InChI is InChI=1S/C28H33N5O2S2/c1-5-11-32-25(31-14-12-30(13-15-31)21-9-7-6-8-10-21)22(20(4)23(17-29)26(32)34)16-24-27(35)33(18-19(2)3)28(36)37-24/h6-10,16,19H,5,11-15,18H2,1-4H3. The van der Waals surface area contributed by atoms with E-state index >= 15 is 0 Å². The maximum Gasteiger partial charge on any atom is 0.270 e. The smallest absolute Gasteiger partial charge is 0.270 e. The molecule has 2 aliphatic rings. The van der Waals surface area contributed by atoms with Crippen LogP contribution in [-0.2, 0) is 11.3 Å². The number of para-hydroxylation sites is 1. The Morgan fingerprint density at radius 2 is 1.76 bits per heavy atom. The van der Waals surface area contributed by atoms with E-state index in [1.807, 2.05) is 31.2 Å². The van der Waals surface area contributed by atoms with E-state index in [0.29, 0.717) is 27.9 Å². The van der Waals surface area contributed by atoms with E-state index in [9.17, 15) is 14.9 Å². The van der Waals surface area contributed by atoms with E-state index in [1.54, 1.807) is 16.4 Å². The van der Waals surface area contributed by atoms with Gasteiger partial charge < -0.3 is 9.80 Å². The molecule has 7 nitrogen and oxygen atoms in total. The van der Waals surface area contributed by atoms with Crippen LogP contribution in [0.2, 0.25) is 0 Å².